The second-order valence-corrected chi connectivity index (χ2v) is 5.51. The van der Waals surface area contributed by atoms with E-state index < -0.39 is 23.7 Å². The zero-order valence-corrected chi connectivity index (χ0v) is 12.3. The fraction of sp³-hybridized carbons (Fsp3) is 0.385. The van der Waals surface area contributed by atoms with Crippen LogP contribution in [0.15, 0.2) is 21.1 Å². The van der Waals surface area contributed by atoms with Crippen LogP contribution in [0.3, 0.4) is 0 Å². The van der Waals surface area contributed by atoms with Crippen molar-refractivity contribution >= 4 is 15.9 Å². The lowest BCUT2D eigenvalue weighted by atomic mass is 9.99. The Morgan fingerprint density at radius 1 is 1.33 bits per heavy atom. The molecule has 1 fully saturated rings. The first-order valence-electron chi connectivity index (χ1n) is 6.31. The van der Waals surface area contributed by atoms with Crippen LogP contribution in [0, 0.1) is 11.6 Å². The molecule has 0 aliphatic carbocycles. The van der Waals surface area contributed by atoms with E-state index in [9.17, 15) is 13.9 Å². The van der Waals surface area contributed by atoms with E-state index in [0.29, 0.717) is 13.0 Å². The Morgan fingerprint density at radius 2 is 2.14 bits per heavy atom. The largest absolute Gasteiger partial charge is 0.392 e. The second-order valence-electron chi connectivity index (χ2n) is 4.72. The predicted octanol–water partition coefficient (Wildman–Crippen LogP) is 2.64. The van der Waals surface area contributed by atoms with E-state index in [1.807, 2.05) is 0 Å². The fourth-order valence-electron chi connectivity index (χ4n) is 2.16. The van der Waals surface area contributed by atoms with Crippen LogP contribution in [0.4, 0.5) is 8.78 Å². The van der Waals surface area contributed by atoms with Crippen LogP contribution in [0.5, 0.6) is 0 Å². The van der Waals surface area contributed by atoms with Crippen molar-refractivity contribution in [2.24, 2.45) is 0 Å². The Balaban J connectivity index is 1.93. The molecule has 1 aliphatic heterocycles. The number of hydrogen-bond donors (Lipinski definition) is 1. The van der Waals surface area contributed by atoms with Crippen LogP contribution in [0.1, 0.15) is 18.2 Å². The second kappa shape index (κ2) is 5.78. The van der Waals surface area contributed by atoms with E-state index in [0.717, 1.165) is 6.07 Å². The number of aromatic nitrogens is 2. The monoisotopic (exact) mass is 360 g/mol. The lowest BCUT2D eigenvalue weighted by Gasteiger charge is -2.24. The van der Waals surface area contributed by atoms with Gasteiger partial charge in [0.2, 0.25) is 11.7 Å². The molecule has 0 spiro atoms. The molecule has 0 saturated carbocycles. The third-order valence-electron chi connectivity index (χ3n) is 3.35. The maximum Gasteiger partial charge on any atom is 0.235 e. The molecule has 2 unspecified atom stereocenters. The standard InChI is InChI=1S/C13H11BrF2N2O3/c14-10-6(1-2-8(15)11(10)16)12-17-13(21-18-12)7-5-20-4-3-9(7)19/h1-2,7,9,19H,3-5H2. The van der Waals surface area contributed by atoms with Gasteiger partial charge >= 0.3 is 0 Å². The van der Waals surface area contributed by atoms with Crippen LogP contribution in [-0.4, -0.2) is 34.6 Å². The van der Waals surface area contributed by atoms with Gasteiger partial charge in [-0.3, -0.25) is 0 Å². The normalized spacial score (nSPS) is 22.5. The number of hydrogen-bond acceptors (Lipinski definition) is 5. The van der Waals surface area contributed by atoms with E-state index in [4.69, 9.17) is 9.26 Å². The van der Waals surface area contributed by atoms with E-state index in [-0.39, 0.29) is 28.4 Å². The topological polar surface area (TPSA) is 68.4 Å². The summed E-state index contributed by atoms with van der Waals surface area (Å²) in [7, 11) is 0. The molecule has 112 valence electrons. The van der Waals surface area contributed by atoms with Gasteiger partial charge in [0.25, 0.3) is 0 Å². The molecule has 2 aromatic rings. The number of aliphatic hydroxyl groups is 1. The van der Waals surface area contributed by atoms with Gasteiger partial charge < -0.3 is 14.4 Å². The average Bonchev–Trinajstić information content (AvgIpc) is 2.95. The van der Waals surface area contributed by atoms with Crippen molar-refractivity contribution in [1.29, 1.82) is 0 Å². The highest BCUT2D eigenvalue weighted by Crippen LogP contribution is 2.32. The summed E-state index contributed by atoms with van der Waals surface area (Å²) in [5.74, 6) is -2.06. The number of aliphatic hydroxyl groups excluding tert-OH is 1. The highest BCUT2D eigenvalue weighted by Gasteiger charge is 2.30. The first-order valence-corrected chi connectivity index (χ1v) is 7.10. The summed E-state index contributed by atoms with van der Waals surface area (Å²) in [6.07, 6.45) is -0.141. The van der Waals surface area contributed by atoms with Gasteiger partial charge in [-0.1, -0.05) is 5.16 Å². The molecule has 3 rings (SSSR count). The van der Waals surface area contributed by atoms with Gasteiger partial charge in [0, 0.05) is 12.2 Å². The van der Waals surface area contributed by atoms with Gasteiger partial charge in [-0.25, -0.2) is 8.78 Å². The highest BCUT2D eigenvalue weighted by atomic mass is 79.9. The number of benzene rings is 1. The van der Waals surface area contributed by atoms with Gasteiger partial charge in [0.1, 0.15) is 0 Å². The van der Waals surface area contributed by atoms with Crippen LogP contribution in [0.25, 0.3) is 11.4 Å². The van der Waals surface area contributed by atoms with Crippen LogP contribution >= 0.6 is 15.9 Å². The molecule has 5 nitrogen and oxygen atoms in total. The lowest BCUT2D eigenvalue weighted by Crippen LogP contribution is -2.30. The van der Waals surface area contributed by atoms with Gasteiger partial charge in [-0.15, -0.1) is 0 Å². The van der Waals surface area contributed by atoms with E-state index in [1.165, 1.54) is 6.07 Å². The molecule has 1 aromatic carbocycles. The Kier molecular flexibility index (Phi) is 4.01. The molecule has 2 heterocycles. The molecule has 2 atom stereocenters. The third kappa shape index (κ3) is 2.70. The summed E-state index contributed by atoms with van der Waals surface area (Å²) in [4.78, 5) is 4.15. The smallest absolute Gasteiger partial charge is 0.235 e. The summed E-state index contributed by atoms with van der Waals surface area (Å²) < 4.78 is 37.0. The van der Waals surface area contributed by atoms with Crippen molar-refractivity contribution in [3.8, 4) is 11.4 Å². The van der Waals surface area contributed by atoms with Gasteiger partial charge in [-0.05, 0) is 34.5 Å². The van der Waals surface area contributed by atoms with Crippen LogP contribution in [-0.2, 0) is 4.74 Å². The molecule has 1 aliphatic rings. The molecule has 21 heavy (non-hydrogen) atoms. The Bertz CT molecular complexity index is 665. The Morgan fingerprint density at radius 3 is 2.90 bits per heavy atom. The summed E-state index contributed by atoms with van der Waals surface area (Å²) in [5, 5.41) is 13.7. The molecule has 0 bridgehead atoms. The zero-order chi connectivity index (χ0) is 15.0. The quantitative estimate of drug-likeness (QED) is 0.833. The Labute approximate surface area is 127 Å². The number of nitrogens with zero attached hydrogens (tertiary/aromatic N) is 2. The van der Waals surface area contributed by atoms with Crippen molar-refractivity contribution in [3.05, 3.63) is 34.1 Å². The molecule has 1 aromatic heterocycles. The van der Waals surface area contributed by atoms with E-state index in [2.05, 4.69) is 26.1 Å². The minimum absolute atomic E-state index is 0.0738. The van der Waals surface area contributed by atoms with Crippen molar-refractivity contribution in [3.63, 3.8) is 0 Å². The molecule has 0 amide bonds. The molecular weight excluding hydrogens is 350 g/mol. The zero-order valence-electron chi connectivity index (χ0n) is 10.7. The highest BCUT2D eigenvalue weighted by molar-refractivity contribution is 9.10. The molecule has 1 N–H and O–H groups in total. The summed E-state index contributed by atoms with van der Waals surface area (Å²) in [5.41, 5.74) is 0.273. The molecule has 8 heteroatoms. The maximum atomic E-state index is 13.5. The van der Waals surface area contributed by atoms with E-state index in [1.54, 1.807) is 0 Å². The lowest BCUT2D eigenvalue weighted by molar-refractivity contribution is -0.0149. The summed E-state index contributed by atoms with van der Waals surface area (Å²) in [6.45, 7) is 0.759. The van der Waals surface area contributed by atoms with Crippen molar-refractivity contribution in [1.82, 2.24) is 10.1 Å². The number of rotatable bonds is 2. The first kappa shape index (κ1) is 14.6. The van der Waals surface area contributed by atoms with Crippen molar-refractivity contribution in [2.75, 3.05) is 13.2 Å². The van der Waals surface area contributed by atoms with Gasteiger partial charge in [0.05, 0.1) is 23.1 Å². The fourth-order valence-corrected chi connectivity index (χ4v) is 2.66. The SMILES string of the molecule is OC1CCOCC1c1nc(-c2ccc(F)c(F)c2Br)no1. The van der Waals surface area contributed by atoms with Crippen LogP contribution in [0.2, 0.25) is 0 Å². The minimum Gasteiger partial charge on any atom is -0.392 e. The van der Waals surface area contributed by atoms with Crippen LogP contribution < -0.4 is 0 Å². The van der Waals surface area contributed by atoms with Crippen molar-refractivity contribution in [2.45, 2.75) is 18.4 Å². The van der Waals surface area contributed by atoms with Crippen molar-refractivity contribution < 1.29 is 23.1 Å². The minimum atomic E-state index is -1.01. The number of ether oxygens (including phenoxy) is 1. The molecular formula is C13H11BrF2N2O3. The molecule has 1 saturated heterocycles. The maximum absolute atomic E-state index is 13.5. The average molecular weight is 361 g/mol. The third-order valence-corrected chi connectivity index (χ3v) is 4.13. The van der Waals surface area contributed by atoms with Gasteiger partial charge in [0.15, 0.2) is 11.6 Å². The number of halogens is 3. The predicted molar refractivity (Wildman–Crippen MR) is 71.5 cm³/mol. The van der Waals surface area contributed by atoms with E-state index >= 15 is 0 Å². The Hall–Kier alpha value is -1.38. The van der Waals surface area contributed by atoms with Gasteiger partial charge in [-0.2, -0.15) is 4.98 Å². The first-order chi connectivity index (χ1) is 10.1. The molecule has 0 radical (unpaired) electrons. The summed E-state index contributed by atoms with van der Waals surface area (Å²) >= 11 is 2.97. The summed E-state index contributed by atoms with van der Waals surface area (Å²) in [6, 6.07) is 2.34.